The highest BCUT2D eigenvalue weighted by Gasteiger charge is 2.11. The van der Waals surface area contributed by atoms with Gasteiger partial charge in [-0.05, 0) is 49.1 Å². The summed E-state index contributed by atoms with van der Waals surface area (Å²) in [6.07, 6.45) is 4.11. The lowest BCUT2D eigenvalue weighted by molar-refractivity contribution is 0.621. The molecule has 0 amide bonds. The van der Waals surface area contributed by atoms with Gasteiger partial charge in [0.05, 0.1) is 6.04 Å². The summed E-state index contributed by atoms with van der Waals surface area (Å²) in [4.78, 5) is 8.42. The van der Waals surface area contributed by atoms with Crippen molar-refractivity contribution in [3.8, 4) is 0 Å². The van der Waals surface area contributed by atoms with Gasteiger partial charge in [-0.15, -0.1) is 0 Å². The summed E-state index contributed by atoms with van der Waals surface area (Å²) in [5, 5.41) is 0. The van der Waals surface area contributed by atoms with E-state index in [9.17, 15) is 4.39 Å². The van der Waals surface area contributed by atoms with Gasteiger partial charge in [0.1, 0.15) is 11.6 Å². The van der Waals surface area contributed by atoms with Crippen molar-refractivity contribution >= 4 is 0 Å². The van der Waals surface area contributed by atoms with Crippen LogP contribution in [0.1, 0.15) is 28.6 Å². The first-order valence-corrected chi connectivity index (χ1v) is 5.85. The molecule has 1 atom stereocenters. The van der Waals surface area contributed by atoms with Crippen molar-refractivity contribution < 1.29 is 4.39 Å². The van der Waals surface area contributed by atoms with Gasteiger partial charge in [0, 0.05) is 12.4 Å². The second kappa shape index (κ2) is 5.23. The standard InChI is InChI=1S/C14H16FN3/c1-9-7-17-14(18-8-9)13(16)6-11-3-4-12(15)5-10(11)2/h3-5,7-8,13H,6,16H2,1-2H3. The SMILES string of the molecule is Cc1cnc(C(N)Cc2ccc(F)cc2C)nc1. The Morgan fingerprint density at radius 2 is 1.89 bits per heavy atom. The van der Waals surface area contributed by atoms with Crippen LogP contribution in [0.3, 0.4) is 0 Å². The summed E-state index contributed by atoms with van der Waals surface area (Å²) >= 11 is 0. The van der Waals surface area contributed by atoms with Gasteiger partial charge < -0.3 is 5.73 Å². The van der Waals surface area contributed by atoms with Crippen LogP contribution in [0, 0.1) is 19.7 Å². The molecule has 0 radical (unpaired) electrons. The van der Waals surface area contributed by atoms with E-state index in [-0.39, 0.29) is 11.9 Å². The Kier molecular flexibility index (Phi) is 3.67. The van der Waals surface area contributed by atoms with Crippen LogP contribution in [0.25, 0.3) is 0 Å². The van der Waals surface area contributed by atoms with Crippen molar-refractivity contribution in [2.45, 2.75) is 26.3 Å². The van der Waals surface area contributed by atoms with E-state index in [2.05, 4.69) is 9.97 Å². The van der Waals surface area contributed by atoms with Crippen molar-refractivity contribution in [3.63, 3.8) is 0 Å². The fourth-order valence-corrected chi connectivity index (χ4v) is 1.81. The Bertz CT molecular complexity index is 537. The van der Waals surface area contributed by atoms with Gasteiger partial charge in [-0.2, -0.15) is 0 Å². The normalized spacial score (nSPS) is 12.4. The van der Waals surface area contributed by atoms with E-state index in [1.54, 1.807) is 18.5 Å². The summed E-state index contributed by atoms with van der Waals surface area (Å²) in [5.74, 6) is 0.390. The van der Waals surface area contributed by atoms with E-state index in [0.29, 0.717) is 12.2 Å². The lowest BCUT2D eigenvalue weighted by Crippen LogP contribution is -2.17. The molecule has 0 fully saturated rings. The van der Waals surface area contributed by atoms with Crippen LogP contribution >= 0.6 is 0 Å². The predicted octanol–water partition coefficient (Wildman–Crippen LogP) is 2.48. The molecular formula is C14H16FN3. The first kappa shape index (κ1) is 12.6. The molecule has 2 rings (SSSR count). The van der Waals surface area contributed by atoms with Crippen LogP contribution in [-0.2, 0) is 6.42 Å². The van der Waals surface area contributed by atoms with E-state index in [1.165, 1.54) is 12.1 Å². The van der Waals surface area contributed by atoms with Crippen molar-refractivity contribution in [1.82, 2.24) is 9.97 Å². The maximum absolute atomic E-state index is 13.0. The molecule has 0 spiro atoms. The predicted molar refractivity (Wildman–Crippen MR) is 68.5 cm³/mol. The van der Waals surface area contributed by atoms with Gasteiger partial charge >= 0.3 is 0 Å². The summed E-state index contributed by atoms with van der Waals surface area (Å²) in [6.45, 7) is 3.81. The van der Waals surface area contributed by atoms with E-state index >= 15 is 0 Å². The van der Waals surface area contributed by atoms with Gasteiger partial charge in [0.15, 0.2) is 0 Å². The molecule has 2 N–H and O–H groups in total. The Balaban J connectivity index is 2.15. The molecule has 1 unspecified atom stereocenters. The smallest absolute Gasteiger partial charge is 0.145 e. The molecule has 18 heavy (non-hydrogen) atoms. The molecule has 4 heteroatoms. The highest BCUT2D eigenvalue weighted by Crippen LogP contribution is 2.17. The fourth-order valence-electron chi connectivity index (χ4n) is 1.81. The van der Waals surface area contributed by atoms with Crippen molar-refractivity contribution in [1.29, 1.82) is 0 Å². The molecule has 3 nitrogen and oxygen atoms in total. The number of nitrogens with zero attached hydrogens (tertiary/aromatic N) is 2. The fraction of sp³-hybridized carbons (Fsp3) is 0.286. The molecule has 2 aromatic rings. The lowest BCUT2D eigenvalue weighted by Gasteiger charge is -2.12. The van der Waals surface area contributed by atoms with Gasteiger partial charge in [-0.1, -0.05) is 6.07 Å². The zero-order chi connectivity index (χ0) is 13.1. The average Bonchev–Trinajstić information content (AvgIpc) is 2.33. The number of aromatic nitrogens is 2. The van der Waals surface area contributed by atoms with Crippen LogP contribution in [0.5, 0.6) is 0 Å². The number of halogens is 1. The van der Waals surface area contributed by atoms with E-state index in [0.717, 1.165) is 16.7 Å². The third-order valence-electron chi connectivity index (χ3n) is 2.88. The van der Waals surface area contributed by atoms with Gasteiger partial charge in [-0.3, -0.25) is 0 Å². The second-order valence-electron chi connectivity index (χ2n) is 4.50. The first-order valence-electron chi connectivity index (χ1n) is 5.85. The third kappa shape index (κ3) is 2.90. The molecule has 1 aromatic heterocycles. The van der Waals surface area contributed by atoms with Gasteiger partial charge in [-0.25, -0.2) is 14.4 Å². The molecule has 0 bridgehead atoms. The molecule has 0 aliphatic heterocycles. The van der Waals surface area contributed by atoms with Crippen molar-refractivity contribution in [3.05, 3.63) is 58.9 Å². The third-order valence-corrected chi connectivity index (χ3v) is 2.88. The zero-order valence-electron chi connectivity index (χ0n) is 10.5. The monoisotopic (exact) mass is 245 g/mol. The quantitative estimate of drug-likeness (QED) is 0.903. The Labute approximate surface area is 106 Å². The largest absolute Gasteiger partial charge is 0.321 e. The maximum atomic E-state index is 13.0. The van der Waals surface area contributed by atoms with Gasteiger partial charge in [0.2, 0.25) is 0 Å². The molecule has 0 saturated heterocycles. The topological polar surface area (TPSA) is 51.8 Å². The average molecular weight is 245 g/mol. The molecule has 0 saturated carbocycles. The highest BCUT2D eigenvalue weighted by molar-refractivity contribution is 5.27. The first-order chi connectivity index (χ1) is 8.56. The van der Waals surface area contributed by atoms with Crippen LogP contribution in [0.2, 0.25) is 0 Å². The van der Waals surface area contributed by atoms with E-state index < -0.39 is 0 Å². The maximum Gasteiger partial charge on any atom is 0.145 e. The Morgan fingerprint density at radius 3 is 2.50 bits per heavy atom. The Morgan fingerprint density at radius 1 is 1.22 bits per heavy atom. The molecule has 0 aliphatic rings. The minimum absolute atomic E-state index is 0.226. The summed E-state index contributed by atoms with van der Waals surface area (Å²) in [5.41, 5.74) is 8.99. The minimum Gasteiger partial charge on any atom is -0.321 e. The zero-order valence-corrected chi connectivity index (χ0v) is 10.5. The molecule has 0 aliphatic carbocycles. The number of aryl methyl sites for hydroxylation is 2. The van der Waals surface area contributed by atoms with E-state index in [1.807, 2.05) is 13.8 Å². The number of rotatable bonds is 3. The van der Waals surface area contributed by atoms with Crippen LogP contribution < -0.4 is 5.73 Å². The minimum atomic E-state index is -0.269. The number of hydrogen-bond donors (Lipinski definition) is 1. The Hall–Kier alpha value is -1.81. The molecular weight excluding hydrogens is 229 g/mol. The number of benzene rings is 1. The summed E-state index contributed by atoms with van der Waals surface area (Å²) in [7, 11) is 0. The van der Waals surface area contributed by atoms with Crippen LogP contribution in [0.4, 0.5) is 4.39 Å². The lowest BCUT2D eigenvalue weighted by atomic mass is 10.0. The summed E-state index contributed by atoms with van der Waals surface area (Å²) in [6, 6.07) is 4.46. The molecule has 94 valence electrons. The summed E-state index contributed by atoms with van der Waals surface area (Å²) < 4.78 is 13.0. The highest BCUT2D eigenvalue weighted by atomic mass is 19.1. The van der Waals surface area contributed by atoms with Crippen LogP contribution in [-0.4, -0.2) is 9.97 Å². The molecule has 1 aromatic carbocycles. The van der Waals surface area contributed by atoms with E-state index in [4.69, 9.17) is 5.73 Å². The van der Waals surface area contributed by atoms with Crippen molar-refractivity contribution in [2.24, 2.45) is 5.73 Å². The molecule has 1 heterocycles. The van der Waals surface area contributed by atoms with Crippen LogP contribution in [0.15, 0.2) is 30.6 Å². The number of hydrogen-bond acceptors (Lipinski definition) is 3. The number of nitrogens with two attached hydrogens (primary N) is 1. The van der Waals surface area contributed by atoms with Crippen molar-refractivity contribution in [2.75, 3.05) is 0 Å². The second-order valence-corrected chi connectivity index (χ2v) is 4.50. The van der Waals surface area contributed by atoms with Gasteiger partial charge in [0.25, 0.3) is 0 Å².